The number of amides is 1. The first-order valence-electron chi connectivity index (χ1n) is 7.28. The van der Waals surface area contributed by atoms with Gasteiger partial charge in [0.2, 0.25) is 12.2 Å². The molecule has 0 aromatic heterocycles. The summed E-state index contributed by atoms with van der Waals surface area (Å²) in [7, 11) is 2.89. The number of rotatable bonds is 8. The van der Waals surface area contributed by atoms with Crippen LogP contribution in [0.4, 0.5) is 0 Å². The summed E-state index contributed by atoms with van der Waals surface area (Å²) in [5.41, 5.74) is 4.88. The Kier molecular flexibility index (Phi) is 5.47. The van der Waals surface area contributed by atoms with Gasteiger partial charge in [0.25, 0.3) is 0 Å². The van der Waals surface area contributed by atoms with Gasteiger partial charge < -0.3 is 15.2 Å². The molecule has 5 heteroatoms. The quantitative estimate of drug-likeness (QED) is 0.597. The fraction of sp³-hybridized carbons (Fsp3) is 0.333. The van der Waals surface area contributed by atoms with E-state index in [-0.39, 0.29) is 12.8 Å². The molecule has 23 heavy (non-hydrogen) atoms. The Labute approximate surface area is 135 Å². The maximum absolute atomic E-state index is 12.0. The molecule has 0 aliphatic heterocycles. The van der Waals surface area contributed by atoms with E-state index in [0.717, 1.165) is 16.3 Å². The summed E-state index contributed by atoms with van der Waals surface area (Å²) in [4.78, 5) is 23.6. The van der Waals surface area contributed by atoms with Crippen LogP contribution in [-0.2, 0) is 25.5 Å². The normalized spacial score (nSPS) is 13.9. The molecule has 2 aromatic rings. The van der Waals surface area contributed by atoms with E-state index in [0.29, 0.717) is 0 Å². The predicted molar refractivity (Wildman–Crippen MR) is 87.4 cm³/mol. The van der Waals surface area contributed by atoms with E-state index in [1.807, 2.05) is 48.8 Å². The molecule has 0 aliphatic rings. The van der Waals surface area contributed by atoms with Gasteiger partial charge in [-0.2, -0.15) is 0 Å². The lowest BCUT2D eigenvalue weighted by molar-refractivity contribution is -0.139. The van der Waals surface area contributed by atoms with Gasteiger partial charge in [0.1, 0.15) is 5.41 Å². The summed E-state index contributed by atoms with van der Waals surface area (Å²) in [6.07, 6.45) is 1.30. The molecule has 0 heterocycles. The minimum absolute atomic E-state index is 0.0159. The van der Waals surface area contributed by atoms with Gasteiger partial charge in [0.15, 0.2) is 6.29 Å². The van der Waals surface area contributed by atoms with Gasteiger partial charge in [-0.05, 0) is 22.8 Å². The van der Waals surface area contributed by atoms with Gasteiger partial charge in [-0.15, -0.1) is 0 Å². The second-order valence-corrected chi connectivity index (χ2v) is 5.47. The Hall–Kier alpha value is -2.24. The summed E-state index contributed by atoms with van der Waals surface area (Å²) in [6.45, 7) is 0. The zero-order valence-corrected chi connectivity index (χ0v) is 13.2. The van der Waals surface area contributed by atoms with Crippen molar-refractivity contribution in [1.29, 1.82) is 0 Å². The first kappa shape index (κ1) is 17.1. The highest BCUT2D eigenvalue weighted by atomic mass is 16.7. The Morgan fingerprint density at radius 2 is 1.83 bits per heavy atom. The van der Waals surface area contributed by atoms with Crippen molar-refractivity contribution in [2.75, 3.05) is 14.2 Å². The zero-order chi connectivity index (χ0) is 16.9. The van der Waals surface area contributed by atoms with Crippen LogP contribution in [0, 0.1) is 5.41 Å². The first-order valence-corrected chi connectivity index (χ1v) is 7.28. The second kappa shape index (κ2) is 7.35. The molecule has 2 aromatic carbocycles. The molecule has 0 bridgehead atoms. The maximum atomic E-state index is 12.0. The average molecular weight is 314 g/mol. The van der Waals surface area contributed by atoms with Crippen LogP contribution in [-0.4, -0.2) is 32.7 Å². The Morgan fingerprint density at radius 3 is 2.43 bits per heavy atom. The van der Waals surface area contributed by atoms with Crippen molar-refractivity contribution >= 4 is 23.0 Å². The van der Waals surface area contributed by atoms with Crippen molar-refractivity contribution in [2.45, 2.75) is 19.1 Å². The Bertz CT molecular complexity index is 691. The number of methoxy groups -OCH3 is 2. The maximum Gasteiger partial charge on any atom is 0.232 e. The summed E-state index contributed by atoms with van der Waals surface area (Å²) < 4.78 is 10.2. The molecule has 2 rings (SSSR count). The van der Waals surface area contributed by atoms with Gasteiger partial charge in [-0.3, -0.25) is 9.59 Å². The van der Waals surface area contributed by atoms with E-state index in [1.54, 1.807) is 0 Å². The fourth-order valence-electron chi connectivity index (χ4n) is 2.71. The number of fused-ring (bicyclic) bond motifs is 1. The van der Waals surface area contributed by atoms with Crippen molar-refractivity contribution < 1.29 is 19.1 Å². The molecule has 0 spiro atoms. The van der Waals surface area contributed by atoms with Crippen molar-refractivity contribution in [3.05, 3.63) is 48.0 Å². The third-order valence-electron chi connectivity index (χ3n) is 4.08. The summed E-state index contributed by atoms with van der Waals surface area (Å²) >= 11 is 0. The van der Waals surface area contributed by atoms with Gasteiger partial charge in [0, 0.05) is 20.6 Å². The molecule has 1 radical (unpaired) electrons. The largest absolute Gasteiger partial charge is 0.369 e. The van der Waals surface area contributed by atoms with Crippen LogP contribution in [0.5, 0.6) is 0 Å². The molecule has 5 nitrogen and oxygen atoms in total. The summed E-state index contributed by atoms with van der Waals surface area (Å²) in [6, 6.07) is 13.5. The number of primary amides is 1. The third kappa shape index (κ3) is 3.57. The molecule has 0 fully saturated rings. The lowest BCUT2D eigenvalue weighted by Gasteiger charge is -2.27. The van der Waals surface area contributed by atoms with Crippen molar-refractivity contribution in [2.24, 2.45) is 11.1 Å². The highest BCUT2D eigenvalue weighted by molar-refractivity contribution is 5.97. The average Bonchev–Trinajstić information content (AvgIpc) is 2.58. The molecule has 0 saturated heterocycles. The van der Waals surface area contributed by atoms with Gasteiger partial charge in [0.05, 0.1) is 0 Å². The molecule has 1 unspecified atom stereocenters. The van der Waals surface area contributed by atoms with Gasteiger partial charge in [-0.25, -0.2) is 0 Å². The molecule has 0 saturated carbocycles. The van der Waals surface area contributed by atoms with Crippen LogP contribution in [0.2, 0.25) is 0 Å². The highest BCUT2D eigenvalue weighted by Gasteiger charge is 2.41. The van der Waals surface area contributed by atoms with E-state index in [2.05, 4.69) is 0 Å². The van der Waals surface area contributed by atoms with Gasteiger partial charge >= 0.3 is 0 Å². The molecule has 121 valence electrons. The molecule has 2 N–H and O–H groups in total. The van der Waals surface area contributed by atoms with Crippen LogP contribution >= 0.6 is 0 Å². The van der Waals surface area contributed by atoms with E-state index in [9.17, 15) is 9.59 Å². The Morgan fingerprint density at radius 1 is 1.17 bits per heavy atom. The van der Waals surface area contributed by atoms with Crippen LogP contribution in [0.15, 0.2) is 42.5 Å². The number of benzene rings is 2. The highest BCUT2D eigenvalue weighted by Crippen LogP contribution is 2.31. The molecule has 1 atom stereocenters. The van der Waals surface area contributed by atoms with Crippen LogP contribution in [0.25, 0.3) is 10.8 Å². The van der Waals surface area contributed by atoms with E-state index in [4.69, 9.17) is 15.2 Å². The molecule has 1 amide bonds. The van der Waals surface area contributed by atoms with E-state index in [1.165, 1.54) is 14.2 Å². The standard InChI is InChI=1S/C18H20NO4/c1-22-16(23-2)11-18(12-20,17(19)21)10-14-8-5-7-13-6-3-4-9-15(13)14/h3-9,16H,10-11H2,1-2H3,(H2,19,21). The molecular formula is C18H20NO4. The fourth-order valence-corrected chi connectivity index (χ4v) is 2.71. The summed E-state index contributed by atoms with van der Waals surface area (Å²) in [5.74, 6) is -0.737. The molecular weight excluding hydrogens is 294 g/mol. The SMILES string of the molecule is COC(CC([C]=O)(Cc1cccc2ccccc12)C(N)=O)OC. The lowest BCUT2D eigenvalue weighted by Crippen LogP contribution is -2.43. The first-order chi connectivity index (χ1) is 11.1. The number of carbonyl (C=O) groups excluding carboxylic acids is 2. The minimum Gasteiger partial charge on any atom is -0.369 e. The monoisotopic (exact) mass is 314 g/mol. The number of ether oxygens (including phenoxy) is 2. The Balaban J connectivity index is 2.44. The number of hydrogen-bond donors (Lipinski definition) is 1. The zero-order valence-electron chi connectivity index (χ0n) is 13.2. The topological polar surface area (TPSA) is 78.6 Å². The van der Waals surface area contributed by atoms with Crippen molar-refractivity contribution in [3.8, 4) is 0 Å². The van der Waals surface area contributed by atoms with Crippen molar-refractivity contribution in [1.82, 2.24) is 0 Å². The minimum atomic E-state index is -1.50. The number of carbonyl (C=O) groups is 1. The third-order valence-corrected chi connectivity index (χ3v) is 4.08. The van der Waals surface area contributed by atoms with Crippen LogP contribution in [0.3, 0.4) is 0 Å². The second-order valence-electron chi connectivity index (χ2n) is 5.47. The van der Waals surface area contributed by atoms with Gasteiger partial charge in [-0.1, -0.05) is 42.5 Å². The van der Waals surface area contributed by atoms with E-state index < -0.39 is 17.6 Å². The summed E-state index contributed by atoms with van der Waals surface area (Å²) in [5, 5.41) is 2.01. The van der Waals surface area contributed by atoms with Crippen molar-refractivity contribution in [3.63, 3.8) is 0 Å². The smallest absolute Gasteiger partial charge is 0.232 e. The predicted octanol–water partition coefficient (Wildman–Crippen LogP) is 1.97. The molecule has 0 aliphatic carbocycles. The van der Waals surface area contributed by atoms with Crippen LogP contribution in [0.1, 0.15) is 12.0 Å². The lowest BCUT2D eigenvalue weighted by atomic mass is 9.78. The number of hydrogen-bond acceptors (Lipinski definition) is 4. The van der Waals surface area contributed by atoms with E-state index >= 15 is 0 Å². The number of nitrogens with two attached hydrogens (primary N) is 1. The van der Waals surface area contributed by atoms with Crippen LogP contribution < -0.4 is 5.73 Å².